The highest BCUT2D eigenvalue weighted by Gasteiger charge is 2.57. The second kappa shape index (κ2) is 8.94. The van der Waals surface area contributed by atoms with E-state index in [9.17, 15) is 33.9 Å². The number of aliphatic carboxylic acids is 1. The highest BCUT2D eigenvalue weighted by molar-refractivity contribution is 6.22. The number of amides is 6. The zero-order valence-electron chi connectivity index (χ0n) is 15.8. The summed E-state index contributed by atoms with van der Waals surface area (Å²) >= 11 is 0. The number of imide groups is 3. The van der Waals surface area contributed by atoms with Crippen molar-refractivity contribution in [2.45, 2.75) is 70.8 Å². The van der Waals surface area contributed by atoms with Crippen LogP contribution in [0.25, 0.3) is 0 Å². The number of unbranched alkanes of at least 4 members (excludes halogenated alkanes) is 5. The lowest BCUT2D eigenvalue weighted by Crippen LogP contribution is -2.67. The van der Waals surface area contributed by atoms with E-state index in [0.29, 0.717) is 17.7 Å². The van der Waals surface area contributed by atoms with Crippen molar-refractivity contribution in [2.24, 2.45) is 5.41 Å². The fourth-order valence-electron chi connectivity index (χ4n) is 3.66. The van der Waals surface area contributed by atoms with Crippen LogP contribution in [0, 0.1) is 5.41 Å². The maximum Gasteiger partial charge on any atom is 0.331 e. The zero-order chi connectivity index (χ0) is 20.9. The molecule has 2 unspecified atom stereocenters. The SMILES string of the molecule is CCCCCCCCC1(CC(=O)O)C(=O)NC(=O)N(C2CC(=O)NC2=O)C1=O. The third-order valence-corrected chi connectivity index (χ3v) is 5.17. The molecule has 3 N–H and O–H groups in total. The first kappa shape index (κ1) is 21.5. The van der Waals surface area contributed by atoms with Crippen molar-refractivity contribution in [1.82, 2.24) is 15.5 Å². The number of carbonyl (C=O) groups excluding carboxylic acids is 5. The van der Waals surface area contributed by atoms with Gasteiger partial charge in [-0.1, -0.05) is 45.4 Å². The number of nitrogens with one attached hydrogen (secondary N) is 2. The average molecular weight is 395 g/mol. The van der Waals surface area contributed by atoms with E-state index in [1.807, 2.05) is 10.6 Å². The van der Waals surface area contributed by atoms with Crippen LogP contribution in [0.1, 0.15) is 64.7 Å². The third-order valence-electron chi connectivity index (χ3n) is 5.17. The maximum atomic E-state index is 13.1. The second-order valence-electron chi connectivity index (χ2n) is 7.24. The maximum absolute atomic E-state index is 13.1. The van der Waals surface area contributed by atoms with E-state index in [2.05, 4.69) is 6.92 Å². The molecule has 0 bridgehead atoms. The largest absolute Gasteiger partial charge is 0.481 e. The van der Waals surface area contributed by atoms with E-state index >= 15 is 0 Å². The van der Waals surface area contributed by atoms with Crippen LogP contribution in [0.2, 0.25) is 0 Å². The Morgan fingerprint density at radius 1 is 1.07 bits per heavy atom. The zero-order valence-corrected chi connectivity index (χ0v) is 15.8. The number of urea groups is 1. The molecule has 0 saturated carbocycles. The minimum atomic E-state index is -1.98. The Hall–Kier alpha value is -2.78. The van der Waals surface area contributed by atoms with Gasteiger partial charge in [-0.2, -0.15) is 0 Å². The molecule has 0 spiro atoms. The molecular formula is C18H25N3O7. The molecule has 2 heterocycles. The highest BCUT2D eigenvalue weighted by Crippen LogP contribution is 2.36. The van der Waals surface area contributed by atoms with Gasteiger partial charge in [0.15, 0.2) is 0 Å². The number of carboxylic acids is 1. The molecule has 2 aliphatic heterocycles. The predicted octanol–water partition coefficient (Wildman–Crippen LogP) is 0.692. The molecule has 0 aromatic heterocycles. The Labute approximate surface area is 162 Å². The summed E-state index contributed by atoms with van der Waals surface area (Å²) in [5.41, 5.74) is -1.98. The van der Waals surface area contributed by atoms with Gasteiger partial charge in [0.1, 0.15) is 11.5 Å². The van der Waals surface area contributed by atoms with Gasteiger partial charge in [0.25, 0.3) is 0 Å². The van der Waals surface area contributed by atoms with E-state index < -0.39 is 59.9 Å². The molecule has 2 fully saturated rings. The molecule has 0 aromatic carbocycles. The molecule has 28 heavy (non-hydrogen) atoms. The van der Waals surface area contributed by atoms with E-state index in [1.54, 1.807) is 0 Å². The minimum absolute atomic E-state index is 0.0534. The molecule has 0 radical (unpaired) electrons. The highest BCUT2D eigenvalue weighted by atomic mass is 16.4. The smallest absolute Gasteiger partial charge is 0.331 e. The number of nitrogens with zero attached hydrogens (tertiary/aromatic N) is 1. The molecule has 2 rings (SSSR count). The van der Waals surface area contributed by atoms with Crippen LogP contribution < -0.4 is 10.6 Å². The van der Waals surface area contributed by atoms with Gasteiger partial charge in [0.05, 0.1) is 12.8 Å². The molecule has 0 aliphatic carbocycles. The third kappa shape index (κ3) is 4.37. The van der Waals surface area contributed by atoms with Crippen LogP contribution in [0.5, 0.6) is 0 Å². The van der Waals surface area contributed by atoms with E-state index in [1.165, 1.54) is 0 Å². The monoisotopic (exact) mass is 395 g/mol. The molecule has 154 valence electrons. The number of rotatable bonds is 10. The Balaban J connectivity index is 2.23. The molecule has 2 aliphatic rings. The van der Waals surface area contributed by atoms with Crippen molar-refractivity contribution in [3.8, 4) is 0 Å². The summed E-state index contributed by atoms with van der Waals surface area (Å²) in [6, 6.07) is -2.50. The second-order valence-corrected chi connectivity index (χ2v) is 7.24. The first-order chi connectivity index (χ1) is 13.2. The number of carboxylic acid groups (broad SMARTS) is 1. The molecular weight excluding hydrogens is 370 g/mol. The van der Waals surface area contributed by atoms with Crippen molar-refractivity contribution < 1.29 is 33.9 Å². The van der Waals surface area contributed by atoms with E-state index in [4.69, 9.17) is 0 Å². The van der Waals surface area contributed by atoms with E-state index in [0.717, 1.165) is 25.7 Å². The fraction of sp³-hybridized carbons (Fsp3) is 0.667. The van der Waals surface area contributed by atoms with Gasteiger partial charge in [0.2, 0.25) is 23.6 Å². The molecule has 10 heteroatoms. The summed E-state index contributed by atoms with van der Waals surface area (Å²) in [5.74, 6) is -4.85. The minimum Gasteiger partial charge on any atom is -0.481 e. The van der Waals surface area contributed by atoms with Crippen LogP contribution in [0.15, 0.2) is 0 Å². The summed E-state index contributed by atoms with van der Waals surface area (Å²) in [5, 5.41) is 13.3. The van der Waals surface area contributed by atoms with Crippen LogP contribution in [0.3, 0.4) is 0 Å². The number of hydrogen-bond acceptors (Lipinski definition) is 6. The first-order valence-electron chi connectivity index (χ1n) is 9.47. The Morgan fingerprint density at radius 2 is 1.71 bits per heavy atom. The molecule has 6 amide bonds. The Bertz CT molecular complexity index is 705. The number of hydrogen-bond donors (Lipinski definition) is 3. The average Bonchev–Trinajstić information content (AvgIpc) is 2.93. The molecule has 2 atom stereocenters. The van der Waals surface area contributed by atoms with Gasteiger partial charge >= 0.3 is 12.0 Å². The fourth-order valence-corrected chi connectivity index (χ4v) is 3.66. The van der Waals surface area contributed by atoms with Crippen LogP contribution in [-0.2, 0) is 24.0 Å². The first-order valence-corrected chi connectivity index (χ1v) is 9.47. The van der Waals surface area contributed by atoms with E-state index in [-0.39, 0.29) is 6.42 Å². The number of carbonyl (C=O) groups is 6. The van der Waals surface area contributed by atoms with Crippen molar-refractivity contribution in [2.75, 3.05) is 0 Å². The van der Waals surface area contributed by atoms with Gasteiger partial charge in [0, 0.05) is 0 Å². The topological polar surface area (TPSA) is 150 Å². The van der Waals surface area contributed by atoms with Gasteiger partial charge in [-0.05, 0) is 6.42 Å². The molecule has 0 aromatic rings. The standard InChI is InChI=1S/C18H25N3O7/c1-2-3-4-5-6-7-8-18(10-13(23)24)15(26)20-17(28)21(16(18)27)11-9-12(22)19-14(11)25/h11H,2-10H2,1H3,(H,23,24)(H,19,22,25)(H,20,26,28). The van der Waals surface area contributed by atoms with Gasteiger partial charge < -0.3 is 5.11 Å². The van der Waals surface area contributed by atoms with Crippen LogP contribution in [-0.4, -0.2) is 51.7 Å². The summed E-state index contributed by atoms with van der Waals surface area (Å²) in [4.78, 5) is 73.2. The number of barbiturate groups is 1. The van der Waals surface area contributed by atoms with Crippen molar-refractivity contribution in [1.29, 1.82) is 0 Å². The van der Waals surface area contributed by atoms with Crippen molar-refractivity contribution >= 4 is 35.6 Å². The summed E-state index contributed by atoms with van der Waals surface area (Å²) in [7, 11) is 0. The summed E-state index contributed by atoms with van der Waals surface area (Å²) in [6.07, 6.45) is 3.88. The quantitative estimate of drug-likeness (QED) is 0.280. The molecule has 2 saturated heterocycles. The molecule has 10 nitrogen and oxygen atoms in total. The lowest BCUT2D eigenvalue weighted by atomic mass is 9.75. The lowest BCUT2D eigenvalue weighted by Gasteiger charge is -2.40. The van der Waals surface area contributed by atoms with Crippen LogP contribution in [0.4, 0.5) is 4.79 Å². The Kier molecular flexibility index (Phi) is 6.87. The summed E-state index contributed by atoms with van der Waals surface area (Å²) in [6.45, 7) is 2.07. The van der Waals surface area contributed by atoms with Crippen molar-refractivity contribution in [3.63, 3.8) is 0 Å². The van der Waals surface area contributed by atoms with Crippen molar-refractivity contribution in [3.05, 3.63) is 0 Å². The van der Waals surface area contributed by atoms with Gasteiger partial charge in [-0.25, -0.2) is 9.69 Å². The lowest BCUT2D eigenvalue weighted by molar-refractivity contribution is -0.161. The van der Waals surface area contributed by atoms with Gasteiger partial charge in [-0.3, -0.25) is 34.6 Å². The predicted molar refractivity (Wildman–Crippen MR) is 94.6 cm³/mol. The van der Waals surface area contributed by atoms with Gasteiger partial charge in [-0.15, -0.1) is 0 Å². The summed E-state index contributed by atoms with van der Waals surface area (Å²) < 4.78 is 0. The Morgan fingerprint density at radius 3 is 2.29 bits per heavy atom. The normalized spacial score (nSPS) is 25.1. The van der Waals surface area contributed by atoms with Crippen LogP contribution >= 0.6 is 0 Å².